The molecule has 14 nitrogen and oxygen atoms in total. The number of aromatic nitrogens is 2. The lowest BCUT2D eigenvalue weighted by Crippen LogP contribution is -2.42. The van der Waals surface area contributed by atoms with Crippen molar-refractivity contribution in [2.75, 3.05) is 0 Å². The second-order valence-electron chi connectivity index (χ2n) is 13.3. The summed E-state index contributed by atoms with van der Waals surface area (Å²) in [5, 5.41) is 11.6. The normalized spacial score (nSPS) is 14.2. The average Bonchev–Trinajstić information content (AvgIpc) is 3.62. The molecule has 2 atom stereocenters. The van der Waals surface area contributed by atoms with Gasteiger partial charge < -0.3 is 5.11 Å². The molecule has 16 heteroatoms. The van der Waals surface area contributed by atoms with E-state index in [1.54, 1.807) is 111 Å². The Morgan fingerprint density at radius 3 is 1.34 bits per heavy atom. The molecule has 3 N–H and O–H groups in total. The Labute approximate surface area is 339 Å². The molecule has 290 valence electrons. The van der Waals surface area contributed by atoms with E-state index in [2.05, 4.69) is 20.8 Å². The van der Waals surface area contributed by atoms with Crippen LogP contribution in [-0.2, 0) is 4.79 Å². The van der Waals surface area contributed by atoms with E-state index in [0.29, 0.717) is 59.7 Å². The molecular weight excluding hydrogens is 787 g/mol. The standard InChI is InChI=1S/C22H17ClN4O4.C20H13ClN2O4/c1-11(27-21(30)14-7-3-4-8-15(14)22(27)31)16-10-13-6-5-9-17(23)18(13)24-19(16)20(29)26-25-12(2)28;1-10(23-18(24)12-6-2-3-7-13(12)19(23)25)14-9-11-5-4-8-15(21)16(11)22-17(14)20(26)27/h3-11H,1-2H3,(H,25,28)(H,26,29);2-10H,1H3,(H,26,27)/t11-;10-/m00/s1. The number of aromatic carboxylic acids is 1. The first-order valence-corrected chi connectivity index (χ1v) is 18.4. The van der Waals surface area contributed by atoms with Crippen molar-refractivity contribution in [3.63, 3.8) is 0 Å². The molecule has 8 rings (SSSR count). The van der Waals surface area contributed by atoms with Gasteiger partial charge in [0.05, 0.1) is 55.4 Å². The van der Waals surface area contributed by atoms with E-state index in [-0.39, 0.29) is 17.0 Å². The number of imide groups is 2. The molecule has 6 aromatic rings. The summed E-state index contributed by atoms with van der Waals surface area (Å²) < 4.78 is 0. The fraction of sp³-hybridized carbons (Fsp3) is 0.119. The Kier molecular flexibility index (Phi) is 10.5. The van der Waals surface area contributed by atoms with Crippen LogP contribution in [0, 0.1) is 0 Å². The van der Waals surface area contributed by atoms with E-state index in [4.69, 9.17) is 23.2 Å². The van der Waals surface area contributed by atoms with E-state index in [1.165, 1.54) is 6.92 Å². The van der Waals surface area contributed by atoms with E-state index in [1.807, 2.05) is 0 Å². The van der Waals surface area contributed by atoms with Gasteiger partial charge in [0.1, 0.15) is 5.69 Å². The summed E-state index contributed by atoms with van der Waals surface area (Å²) >= 11 is 12.4. The SMILES string of the molecule is CC(=O)NNC(=O)c1nc2c(Cl)cccc2cc1[C@H](C)N1C(=O)c2ccccc2C1=O.C[C@@H](c1cc2cccc(Cl)c2nc1C(=O)O)N1C(=O)c2ccccc2C1=O. The molecule has 6 amide bonds. The number of benzene rings is 4. The van der Waals surface area contributed by atoms with Gasteiger partial charge in [-0.25, -0.2) is 14.8 Å². The van der Waals surface area contributed by atoms with Crippen molar-refractivity contribution in [3.8, 4) is 0 Å². The van der Waals surface area contributed by atoms with Crippen molar-refractivity contribution in [2.45, 2.75) is 32.9 Å². The van der Waals surface area contributed by atoms with Gasteiger partial charge in [0.2, 0.25) is 5.91 Å². The van der Waals surface area contributed by atoms with Gasteiger partial charge in [-0.05, 0) is 62.4 Å². The van der Waals surface area contributed by atoms with Crippen LogP contribution < -0.4 is 10.9 Å². The zero-order chi connectivity index (χ0) is 41.6. The van der Waals surface area contributed by atoms with Crippen molar-refractivity contribution >= 4 is 86.4 Å². The number of hydrogen-bond acceptors (Lipinski definition) is 9. The van der Waals surface area contributed by atoms with Crippen LogP contribution >= 0.6 is 23.2 Å². The number of nitrogens with one attached hydrogen (secondary N) is 2. The molecule has 0 unspecified atom stereocenters. The monoisotopic (exact) mass is 816 g/mol. The van der Waals surface area contributed by atoms with Crippen LogP contribution in [-0.4, -0.2) is 66.3 Å². The van der Waals surface area contributed by atoms with Gasteiger partial charge >= 0.3 is 5.97 Å². The second kappa shape index (κ2) is 15.5. The van der Waals surface area contributed by atoms with Gasteiger partial charge in [-0.2, -0.15) is 0 Å². The molecule has 4 aromatic carbocycles. The number of carbonyl (C=O) groups excluding carboxylic acids is 6. The number of rotatable bonds is 6. The number of pyridine rings is 2. The summed E-state index contributed by atoms with van der Waals surface area (Å²) in [5.74, 6) is -4.23. The molecule has 0 fully saturated rings. The Bertz CT molecular complexity index is 2720. The van der Waals surface area contributed by atoms with Gasteiger partial charge in [0.25, 0.3) is 29.5 Å². The zero-order valence-corrected chi connectivity index (χ0v) is 32.3. The summed E-state index contributed by atoms with van der Waals surface area (Å²) in [4.78, 5) is 97.9. The van der Waals surface area contributed by atoms with Crippen LogP contribution in [0.5, 0.6) is 0 Å². The number of hydrogen-bond donors (Lipinski definition) is 3. The Morgan fingerprint density at radius 2 is 0.966 bits per heavy atom. The molecular formula is C42H30Cl2N6O8. The molecule has 4 heterocycles. The van der Waals surface area contributed by atoms with Crippen LogP contribution in [0.3, 0.4) is 0 Å². The van der Waals surface area contributed by atoms with Crippen molar-refractivity contribution in [2.24, 2.45) is 0 Å². The first kappa shape index (κ1) is 39.2. The largest absolute Gasteiger partial charge is 0.477 e. The minimum atomic E-state index is -1.25. The number of carboxylic acids is 1. The number of amides is 6. The smallest absolute Gasteiger partial charge is 0.354 e. The number of halogens is 2. The molecule has 0 radical (unpaired) electrons. The zero-order valence-electron chi connectivity index (χ0n) is 30.7. The summed E-state index contributed by atoms with van der Waals surface area (Å²) in [7, 11) is 0. The number of carboxylic acid groups (broad SMARTS) is 1. The maximum Gasteiger partial charge on any atom is 0.354 e. The van der Waals surface area contributed by atoms with E-state index >= 15 is 0 Å². The third-order valence-corrected chi connectivity index (χ3v) is 10.4. The highest BCUT2D eigenvalue weighted by Crippen LogP contribution is 2.36. The molecule has 0 bridgehead atoms. The maximum absolute atomic E-state index is 12.9. The third kappa shape index (κ3) is 6.88. The first-order valence-electron chi connectivity index (χ1n) is 17.6. The third-order valence-electron chi connectivity index (χ3n) is 9.75. The van der Waals surface area contributed by atoms with E-state index < -0.39 is 53.5 Å². The molecule has 0 saturated heterocycles. The second-order valence-corrected chi connectivity index (χ2v) is 14.1. The van der Waals surface area contributed by atoms with Gasteiger partial charge in [-0.1, -0.05) is 71.7 Å². The summed E-state index contributed by atoms with van der Waals surface area (Å²) in [6.45, 7) is 4.50. The Balaban J connectivity index is 0.000000178. The molecule has 2 aliphatic rings. The van der Waals surface area contributed by atoms with Gasteiger partial charge in [0.15, 0.2) is 5.69 Å². The van der Waals surface area contributed by atoms with Crippen molar-refractivity contribution < 1.29 is 38.7 Å². The fourth-order valence-electron chi connectivity index (χ4n) is 6.95. The minimum Gasteiger partial charge on any atom is -0.477 e. The number of hydrazine groups is 1. The predicted molar refractivity (Wildman–Crippen MR) is 212 cm³/mol. The highest BCUT2D eigenvalue weighted by Gasteiger charge is 2.41. The molecule has 2 aromatic heterocycles. The van der Waals surface area contributed by atoms with Crippen molar-refractivity contribution in [1.82, 2.24) is 30.6 Å². The summed E-state index contributed by atoms with van der Waals surface area (Å²) in [6, 6.07) is 25.0. The highest BCUT2D eigenvalue weighted by atomic mass is 35.5. The van der Waals surface area contributed by atoms with Crippen LogP contribution in [0.25, 0.3) is 21.8 Å². The molecule has 0 aliphatic carbocycles. The number of para-hydroxylation sites is 2. The van der Waals surface area contributed by atoms with Crippen LogP contribution in [0.4, 0.5) is 0 Å². The summed E-state index contributed by atoms with van der Waals surface area (Å²) in [6.07, 6.45) is 0. The fourth-order valence-corrected chi connectivity index (χ4v) is 7.40. The molecule has 58 heavy (non-hydrogen) atoms. The highest BCUT2D eigenvalue weighted by molar-refractivity contribution is 6.35. The predicted octanol–water partition coefficient (Wildman–Crippen LogP) is 6.97. The molecule has 0 saturated carbocycles. The molecule has 0 spiro atoms. The number of fused-ring (bicyclic) bond motifs is 4. The lowest BCUT2D eigenvalue weighted by atomic mass is 10.0. The number of nitrogens with zero attached hydrogens (tertiary/aromatic N) is 4. The Hall–Kier alpha value is -7.03. The van der Waals surface area contributed by atoms with Crippen LogP contribution in [0.1, 0.15) is 106 Å². The topological polar surface area (TPSA) is 196 Å². The van der Waals surface area contributed by atoms with E-state index in [0.717, 1.165) is 9.80 Å². The molecule has 2 aliphatic heterocycles. The van der Waals surface area contributed by atoms with E-state index in [9.17, 15) is 38.7 Å². The van der Waals surface area contributed by atoms with Crippen LogP contribution in [0.15, 0.2) is 97.1 Å². The van der Waals surface area contributed by atoms with Crippen LogP contribution in [0.2, 0.25) is 10.0 Å². The summed E-state index contributed by atoms with van der Waals surface area (Å²) in [5.41, 5.74) is 6.78. The minimum absolute atomic E-state index is 0.0570. The van der Waals surface area contributed by atoms with Gasteiger partial charge in [-0.3, -0.25) is 49.4 Å². The quantitative estimate of drug-likeness (QED) is 0.117. The Morgan fingerprint density at radius 1 is 0.586 bits per heavy atom. The lowest BCUT2D eigenvalue weighted by molar-refractivity contribution is -0.119. The van der Waals surface area contributed by atoms with Gasteiger partial charge in [0, 0.05) is 28.8 Å². The first-order chi connectivity index (χ1) is 27.7. The lowest BCUT2D eigenvalue weighted by Gasteiger charge is -2.25. The maximum atomic E-state index is 12.9. The van der Waals surface area contributed by atoms with Crippen molar-refractivity contribution in [3.05, 3.63) is 152 Å². The number of carbonyl (C=O) groups is 7. The van der Waals surface area contributed by atoms with Crippen molar-refractivity contribution in [1.29, 1.82) is 0 Å². The van der Waals surface area contributed by atoms with Gasteiger partial charge in [-0.15, -0.1) is 0 Å². The average molecular weight is 818 g/mol.